The molecule has 0 saturated heterocycles. The van der Waals surface area contributed by atoms with Crippen LogP contribution in [-0.4, -0.2) is 29.9 Å². The predicted octanol–water partition coefficient (Wildman–Crippen LogP) is 12.7. The predicted molar refractivity (Wildman–Crippen MR) is 242 cm³/mol. The van der Waals surface area contributed by atoms with Gasteiger partial charge in [0.05, 0.1) is 0 Å². The maximum absolute atomic E-state index is 5.10. The first-order valence-corrected chi connectivity index (χ1v) is 20.8. The highest BCUT2D eigenvalue weighted by Gasteiger charge is 2.42. The van der Waals surface area contributed by atoms with Crippen LogP contribution in [0.5, 0.6) is 0 Å². The maximum Gasteiger partial charge on any atom is 0.164 e. The van der Waals surface area contributed by atoms with Crippen LogP contribution in [0.25, 0.3) is 84.8 Å². The highest BCUT2D eigenvalue weighted by atomic mass is 15.0. The fourth-order valence-electron chi connectivity index (χ4n) is 9.33. The minimum Gasteiger partial charge on any atom is -0.209 e. The van der Waals surface area contributed by atoms with E-state index < -0.39 is 0 Å². The van der Waals surface area contributed by atoms with E-state index in [-0.39, 0.29) is 10.8 Å². The van der Waals surface area contributed by atoms with Crippen molar-refractivity contribution in [2.75, 3.05) is 0 Å². The maximum atomic E-state index is 5.10. The number of aromatic nitrogens is 6. The monoisotopic (exact) mass is 774 g/mol. The Kier molecular flexibility index (Phi) is 8.21. The summed E-state index contributed by atoms with van der Waals surface area (Å²) in [5.74, 6) is 4.12. The Bertz CT molecular complexity index is 3020. The molecular formula is C54H42N6. The molecule has 0 aliphatic heterocycles. The molecule has 60 heavy (non-hydrogen) atoms. The van der Waals surface area contributed by atoms with E-state index in [0.717, 1.165) is 52.1 Å². The first-order chi connectivity index (χ1) is 29.2. The van der Waals surface area contributed by atoms with Gasteiger partial charge >= 0.3 is 0 Å². The molecule has 0 atom stereocenters. The van der Waals surface area contributed by atoms with Crippen LogP contribution in [-0.2, 0) is 10.8 Å². The molecule has 0 radical (unpaired) electrons. The minimum absolute atomic E-state index is 0.246. The van der Waals surface area contributed by atoms with E-state index in [4.69, 9.17) is 29.9 Å². The summed E-state index contributed by atoms with van der Waals surface area (Å²) in [5.41, 5.74) is 15.8. The fourth-order valence-corrected chi connectivity index (χ4v) is 9.33. The van der Waals surface area contributed by atoms with Crippen molar-refractivity contribution >= 4 is 5.57 Å². The molecule has 8 aromatic rings. The Morgan fingerprint density at radius 3 is 1.12 bits per heavy atom. The molecule has 0 unspecified atom stereocenters. The summed E-state index contributed by atoms with van der Waals surface area (Å²) < 4.78 is 0. The van der Waals surface area contributed by atoms with E-state index in [1.807, 2.05) is 54.6 Å². The van der Waals surface area contributed by atoms with Crippen LogP contribution >= 0.6 is 0 Å². The Morgan fingerprint density at radius 2 is 0.733 bits per heavy atom. The summed E-state index contributed by atoms with van der Waals surface area (Å²) in [4.78, 5) is 30.2. The number of nitrogens with zero attached hydrogens (tertiary/aromatic N) is 6. The van der Waals surface area contributed by atoms with E-state index in [9.17, 15) is 0 Å². The van der Waals surface area contributed by atoms with E-state index in [2.05, 4.69) is 131 Å². The second kappa shape index (κ2) is 13.7. The van der Waals surface area contributed by atoms with E-state index in [0.29, 0.717) is 29.1 Å². The third-order valence-corrected chi connectivity index (χ3v) is 12.7. The number of allylic oxidation sites excluding steroid dienone is 4. The highest BCUT2D eigenvalue weighted by Crippen LogP contribution is 2.56. The zero-order chi connectivity index (χ0) is 40.6. The largest absolute Gasteiger partial charge is 0.209 e. The van der Waals surface area contributed by atoms with E-state index >= 15 is 0 Å². The van der Waals surface area contributed by atoms with Crippen LogP contribution in [0.4, 0.5) is 0 Å². The van der Waals surface area contributed by atoms with Crippen molar-refractivity contribution in [3.63, 3.8) is 0 Å². The molecule has 2 heterocycles. The van der Waals surface area contributed by atoms with Gasteiger partial charge in [-0.15, -0.1) is 0 Å². The summed E-state index contributed by atoms with van der Waals surface area (Å²) in [7, 11) is 0. The van der Waals surface area contributed by atoms with Crippen LogP contribution in [0.15, 0.2) is 158 Å². The smallest absolute Gasteiger partial charge is 0.164 e. The van der Waals surface area contributed by atoms with Crippen LogP contribution in [0.2, 0.25) is 0 Å². The van der Waals surface area contributed by atoms with Gasteiger partial charge in [0.15, 0.2) is 34.9 Å². The molecular weight excluding hydrogens is 733 g/mol. The summed E-state index contributed by atoms with van der Waals surface area (Å²) in [6.07, 6.45) is 8.32. The van der Waals surface area contributed by atoms with E-state index in [1.54, 1.807) is 0 Å². The van der Waals surface area contributed by atoms with Gasteiger partial charge in [-0.1, -0.05) is 161 Å². The van der Waals surface area contributed by atoms with Crippen LogP contribution in [0.1, 0.15) is 68.6 Å². The molecule has 288 valence electrons. The number of benzene rings is 6. The molecule has 3 aliphatic rings. The normalized spacial score (nSPS) is 15.2. The van der Waals surface area contributed by atoms with Crippen molar-refractivity contribution in [3.05, 3.63) is 186 Å². The van der Waals surface area contributed by atoms with Crippen molar-refractivity contribution < 1.29 is 0 Å². The second-order valence-corrected chi connectivity index (χ2v) is 17.1. The molecule has 0 saturated carbocycles. The molecule has 6 aromatic carbocycles. The van der Waals surface area contributed by atoms with Crippen molar-refractivity contribution in [1.82, 2.24) is 29.9 Å². The van der Waals surface area contributed by atoms with Crippen LogP contribution in [0.3, 0.4) is 0 Å². The average Bonchev–Trinajstić information content (AvgIpc) is 3.67. The van der Waals surface area contributed by atoms with Gasteiger partial charge in [-0.05, 0) is 87.2 Å². The molecule has 3 aliphatic carbocycles. The van der Waals surface area contributed by atoms with Gasteiger partial charge in [-0.25, -0.2) is 29.9 Å². The molecule has 6 heteroatoms. The lowest BCUT2D eigenvalue weighted by atomic mass is 9.79. The van der Waals surface area contributed by atoms with Gasteiger partial charge in [-0.2, -0.15) is 0 Å². The lowest BCUT2D eigenvalue weighted by Crippen LogP contribution is -2.17. The zero-order valence-corrected chi connectivity index (χ0v) is 34.1. The number of rotatable bonds is 6. The molecule has 0 bridgehead atoms. The Balaban J connectivity index is 0.988. The molecule has 0 N–H and O–H groups in total. The SMILES string of the molecule is CC1(C)c2cc(-c3nc(C4=CC=CCC4)nc(-c4ccccc4)n3)ccc2-c2cc3c(cc21)-c1ccc(-c2nc(-c4ccccc4)nc(-c4ccccc4)n2)cc1C3(C)C. The van der Waals surface area contributed by atoms with Gasteiger partial charge < -0.3 is 0 Å². The Labute approximate surface area is 350 Å². The third-order valence-electron chi connectivity index (χ3n) is 12.7. The highest BCUT2D eigenvalue weighted by molar-refractivity contribution is 5.91. The minimum atomic E-state index is -0.252. The Morgan fingerprint density at radius 1 is 0.367 bits per heavy atom. The number of hydrogen-bond donors (Lipinski definition) is 0. The summed E-state index contributed by atoms with van der Waals surface area (Å²) in [6, 6.07) is 49.0. The van der Waals surface area contributed by atoms with Gasteiger partial charge in [0, 0.05) is 38.6 Å². The average molecular weight is 775 g/mol. The van der Waals surface area contributed by atoms with Crippen LogP contribution < -0.4 is 0 Å². The first kappa shape index (κ1) is 35.9. The molecule has 0 amide bonds. The van der Waals surface area contributed by atoms with E-state index in [1.165, 1.54) is 44.5 Å². The van der Waals surface area contributed by atoms with Gasteiger partial charge in [0.1, 0.15) is 0 Å². The second-order valence-electron chi connectivity index (χ2n) is 17.1. The van der Waals surface area contributed by atoms with Crippen molar-refractivity contribution in [2.24, 2.45) is 0 Å². The molecule has 0 fully saturated rings. The standard InChI is InChI=1S/C54H42N6/c1-53(2)43-29-37(51-57-47(33-17-9-5-10-18-33)55-48(58-51)34-19-11-6-12-20-34)25-27-39(43)41-32-46-42(31-45(41)53)40-28-26-38(30-44(40)54(46,3)4)52-59-49(35-21-13-7-14-22-35)56-50(60-52)36-23-15-8-16-24-36/h5-15,17-23,25-32H,16,24H2,1-4H3. The van der Waals surface area contributed by atoms with Crippen molar-refractivity contribution in [2.45, 2.75) is 51.4 Å². The summed E-state index contributed by atoms with van der Waals surface area (Å²) in [6.45, 7) is 9.38. The number of fused-ring (bicyclic) bond motifs is 6. The van der Waals surface area contributed by atoms with Crippen molar-refractivity contribution in [1.29, 1.82) is 0 Å². The molecule has 0 spiro atoms. The van der Waals surface area contributed by atoms with Gasteiger partial charge in [0.2, 0.25) is 0 Å². The summed E-state index contributed by atoms with van der Waals surface area (Å²) in [5, 5.41) is 0. The fraction of sp³-hybridized carbons (Fsp3) is 0.148. The lowest BCUT2D eigenvalue weighted by Gasteiger charge is -2.24. The van der Waals surface area contributed by atoms with Crippen LogP contribution in [0, 0.1) is 0 Å². The third kappa shape index (κ3) is 5.85. The molecule has 6 nitrogen and oxygen atoms in total. The first-order valence-electron chi connectivity index (χ1n) is 20.8. The molecule has 2 aromatic heterocycles. The summed E-state index contributed by atoms with van der Waals surface area (Å²) >= 11 is 0. The Hall–Kier alpha value is -7.18. The van der Waals surface area contributed by atoms with Crippen molar-refractivity contribution in [3.8, 4) is 79.2 Å². The topological polar surface area (TPSA) is 77.3 Å². The zero-order valence-electron chi connectivity index (χ0n) is 34.1. The van der Waals surface area contributed by atoms with Gasteiger partial charge in [-0.3, -0.25) is 0 Å². The quantitative estimate of drug-likeness (QED) is 0.167. The molecule has 11 rings (SSSR count). The van der Waals surface area contributed by atoms with Gasteiger partial charge in [0.25, 0.3) is 0 Å². The number of hydrogen-bond acceptors (Lipinski definition) is 6. The lowest BCUT2D eigenvalue weighted by molar-refractivity contribution is 0.652.